The fourth-order valence-electron chi connectivity index (χ4n) is 1.89. The highest BCUT2D eigenvalue weighted by Gasteiger charge is 2.16. The number of hydrogen-bond acceptors (Lipinski definition) is 2. The van der Waals surface area contributed by atoms with Crippen LogP contribution in [0.5, 0.6) is 5.75 Å². The van der Waals surface area contributed by atoms with Gasteiger partial charge in [-0.3, -0.25) is 0 Å². The highest BCUT2D eigenvalue weighted by molar-refractivity contribution is 5.30. The van der Waals surface area contributed by atoms with Crippen LogP contribution in [0.3, 0.4) is 0 Å². The van der Waals surface area contributed by atoms with Crippen LogP contribution in [0.2, 0.25) is 0 Å². The molecule has 0 aliphatic heterocycles. The number of halogens is 1. The van der Waals surface area contributed by atoms with Crippen molar-refractivity contribution in [3.8, 4) is 5.75 Å². The minimum absolute atomic E-state index is 0.0656. The van der Waals surface area contributed by atoms with E-state index in [2.05, 4.69) is 19.2 Å². The van der Waals surface area contributed by atoms with E-state index in [1.165, 1.54) is 6.07 Å². The van der Waals surface area contributed by atoms with Crippen molar-refractivity contribution >= 4 is 0 Å². The van der Waals surface area contributed by atoms with Gasteiger partial charge in [-0.2, -0.15) is 0 Å². The third-order valence-electron chi connectivity index (χ3n) is 3.27. The third kappa shape index (κ3) is 3.70. The Morgan fingerprint density at radius 3 is 2.59 bits per heavy atom. The Bertz CT molecular complexity index is 354. The summed E-state index contributed by atoms with van der Waals surface area (Å²) in [6.07, 6.45) is 2.05. The maximum atomic E-state index is 13.9. The molecule has 0 heterocycles. The van der Waals surface area contributed by atoms with E-state index in [0.717, 1.165) is 12.8 Å². The normalized spacial score (nSPS) is 14.4. The topological polar surface area (TPSA) is 21.3 Å². The fourth-order valence-corrected chi connectivity index (χ4v) is 1.89. The van der Waals surface area contributed by atoms with E-state index in [0.29, 0.717) is 17.2 Å². The van der Waals surface area contributed by atoms with Gasteiger partial charge in [0.15, 0.2) is 0 Å². The van der Waals surface area contributed by atoms with Crippen LogP contribution < -0.4 is 10.1 Å². The molecule has 96 valence electrons. The maximum absolute atomic E-state index is 13.9. The second-order valence-electron chi connectivity index (χ2n) is 4.48. The highest BCUT2D eigenvalue weighted by Crippen LogP contribution is 2.27. The van der Waals surface area contributed by atoms with Gasteiger partial charge in [-0.25, -0.2) is 4.39 Å². The number of methoxy groups -OCH3 is 1. The summed E-state index contributed by atoms with van der Waals surface area (Å²) in [5, 5.41) is 3.18. The van der Waals surface area contributed by atoms with E-state index in [-0.39, 0.29) is 11.9 Å². The zero-order chi connectivity index (χ0) is 12.8. The first-order valence-electron chi connectivity index (χ1n) is 6.13. The zero-order valence-corrected chi connectivity index (χ0v) is 11.1. The van der Waals surface area contributed by atoms with Gasteiger partial charge < -0.3 is 10.1 Å². The van der Waals surface area contributed by atoms with Crippen LogP contribution in [0.4, 0.5) is 4.39 Å². The van der Waals surface area contributed by atoms with Crippen LogP contribution in [0.1, 0.15) is 38.3 Å². The summed E-state index contributed by atoms with van der Waals surface area (Å²) in [4.78, 5) is 0. The van der Waals surface area contributed by atoms with Gasteiger partial charge >= 0.3 is 0 Å². The molecule has 0 saturated heterocycles. The van der Waals surface area contributed by atoms with Crippen molar-refractivity contribution in [2.45, 2.75) is 32.7 Å². The molecule has 0 aliphatic carbocycles. The minimum atomic E-state index is -0.202. The molecular formula is C14H22FNO. The van der Waals surface area contributed by atoms with Crippen LogP contribution in [-0.4, -0.2) is 14.2 Å². The molecule has 0 fully saturated rings. The van der Waals surface area contributed by atoms with Gasteiger partial charge in [0.25, 0.3) is 0 Å². The van der Waals surface area contributed by atoms with E-state index in [4.69, 9.17) is 4.74 Å². The maximum Gasteiger partial charge on any atom is 0.131 e. The summed E-state index contributed by atoms with van der Waals surface area (Å²) in [7, 11) is 3.42. The summed E-state index contributed by atoms with van der Waals surface area (Å²) < 4.78 is 18.9. The standard InChI is InChI=1S/C14H22FNO/c1-5-10(2)8-14(16-3)12-7-6-11(17-4)9-13(12)15/h6-7,9-10,14,16H,5,8H2,1-4H3. The molecule has 1 aromatic carbocycles. The summed E-state index contributed by atoms with van der Waals surface area (Å²) >= 11 is 0. The van der Waals surface area contributed by atoms with Crippen molar-refractivity contribution in [1.29, 1.82) is 0 Å². The average molecular weight is 239 g/mol. The van der Waals surface area contributed by atoms with Crippen molar-refractivity contribution in [2.24, 2.45) is 5.92 Å². The molecule has 2 nitrogen and oxygen atoms in total. The molecule has 2 unspecified atom stereocenters. The first-order valence-corrected chi connectivity index (χ1v) is 6.13. The molecule has 17 heavy (non-hydrogen) atoms. The molecule has 1 aromatic rings. The average Bonchev–Trinajstić information content (AvgIpc) is 2.35. The van der Waals surface area contributed by atoms with E-state index >= 15 is 0 Å². The largest absolute Gasteiger partial charge is 0.497 e. The number of benzene rings is 1. The lowest BCUT2D eigenvalue weighted by molar-refractivity contribution is 0.399. The Hall–Kier alpha value is -1.09. The van der Waals surface area contributed by atoms with Crippen LogP contribution in [0.15, 0.2) is 18.2 Å². The van der Waals surface area contributed by atoms with Crippen molar-refractivity contribution in [3.05, 3.63) is 29.6 Å². The second-order valence-corrected chi connectivity index (χ2v) is 4.48. The molecule has 2 atom stereocenters. The highest BCUT2D eigenvalue weighted by atomic mass is 19.1. The Morgan fingerprint density at radius 2 is 2.12 bits per heavy atom. The Morgan fingerprint density at radius 1 is 1.41 bits per heavy atom. The monoisotopic (exact) mass is 239 g/mol. The van der Waals surface area contributed by atoms with Crippen molar-refractivity contribution in [1.82, 2.24) is 5.32 Å². The molecular weight excluding hydrogens is 217 g/mol. The Balaban J connectivity index is 2.88. The minimum Gasteiger partial charge on any atom is -0.497 e. The molecule has 0 radical (unpaired) electrons. The molecule has 0 saturated carbocycles. The van der Waals surface area contributed by atoms with E-state index in [1.54, 1.807) is 19.2 Å². The Kier molecular flexibility index (Phi) is 5.42. The van der Waals surface area contributed by atoms with Crippen molar-refractivity contribution < 1.29 is 9.13 Å². The lowest BCUT2D eigenvalue weighted by atomic mass is 9.94. The van der Waals surface area contributed by atoms with Crippen LogP contribution in [-0.2, 0) is 0 Å². The predicted octanol–water partition coefficient (Wildman–Crippen LogP) is 3.53. The van der Waals surface area contributed by atoms with Gasteiger partial charge in [0.1, 0.15) is 11.6 Å². The van der Waals surface area contributed by atoms with Gasteiger partial charge in [-0.15, -0.1) is 0 Å². The van der Waals surface area contributed by atoms with E-state index in [1.807, 2.05) is 7.05 Å². The van der Waals surface area contributed by atoms with Gasteiger partial charge in [-0.1, -0.05) is 26.3 Å². The quantitative estimate of drug-likeness (QED) is 0.820. The smallest absolute Gasteiger partial charge is 0.131 e. The lowest BCUT2D eigenvalue weighted by Crippen LogP contribution is -2.20. The predicted molar refractivity (Wildman–Crippen MR) is 68.8 cm³/mol. The number of hydrogen-bond donors (Lipinski definition) is 1. The van der Waals surface area contributed by atoms with Crippen molar-refractivity contribution in [2.75, 3.05) is 14.2 Å². The molecule has 0 spiro atoms. The van der Waals surface area contributed by atoms with Crippen LogP contribution in [0, 0.1) is 11.7 Å². The SMILES string of the molecule is CCC(C)CC(NC)c1ccc(OC)cc1F. The molecule has 3 heteroatoms. The van der Waals surface area contributed by atoms with Gasteiger partial charge in [-0.05, 0) is 25.5 Å². The summed E-state index contributed by atoms with van der Waals surface area (Å²) in [5.74, 6) is 0.936. The van der Waals surface area contributed by atoms with Crippen molar-refractivity contribution in [3.63, 3.8) is 0 Å². The lowest BCUT2D eigenvalue weighted by Gasteiger charge is -2.21. The van der Waals surface area contributed by atoms with Gasteiger partial charge in [0.2, 0.25) is 0 Å². The first-order chi connectivity index (χ1) is 8.12. The summed E-state index contributed by atoms with van der Waals surface area (Å²) in [5.41, 5.74) is 0.716. The summed E-state index contributed by atoms with van der Waals surface area (Å²) in [6.45, 7) is 4.34. The molecule has 0 aliphatic rings. The fraction of sp³-hybridized carbons (Fsp3) is 0.571. The number of nitrogens with one attached hydrogen (secondary N) is 1. The van der Waals surface area contributed by atoms with Gasteiger partial charge in [0.05, 0.1) is 7.11 Å². The Labute approximate surface area is 103 Å². The van der Waals surface area contributed by atoms with E-state index in [9.17, 15) is 4.39 Å². The number of rotatable bonds is 6. The second kappa shape index (κ2) is 6.60. The first kappa shape index (κ1) is 14.0. The number of ether oxygens (including phenoxy) is 1. The van der Waals surface area contributed by atoms with E-state index < -0.39 is 0 Å². The molecule has 0 aromatic heterocycles. The van der Waals surface area contributed by atoms with Gasteiger partial charge in [0, 0.05) is 17.7 Å². The molecule has 0 amide bonds. The molecule has 1 N–H and O–H groups in total. The van der Waals surface area contributed by atoms with Crippen LogP contribution in [0.25, 0.3) is 0 Å². The van der Waals surface area contributed by atoms with Crippen LogP contribution >= 0.6 is 0 Å². The zero-order valence-electron chi connectivity index (χ0n) is 11.1. The molecule has 1 rings (SSSR count). The summed E-state index contributed by atoms with van der Waals surface area (Å²) in [6, 6.07) is 5.11. The third-order valence-corrected chi connectivity index (χ3v) is 3.27. The molecule has 0 bridgehead atoms.